The summed E-state index contributed by atoms with van der Waals surface area (Å²) in [5.41, 5.74) is 6.78. The van der Waals surface area contributed by atoms with E-state index in [1.165, 1.54) is 7.11 Å². The SMILES string of the molecule is COCCCOC(C)C(=O)Nc1cc(N)ccc1OC. The summed E-state index contributed by atoms with van der Waals surface area (Å²) in [7, 11) is 3.16. The van der Waals surface area contributed by atoms with Crippen LogP contribution >= 0.6 is 0 Å². The van der Waals surface area contributed by atoms with Gasteiger partial charge in [-0.2, -0.15) is 0 Å². The van der Waals surface area contributed by atoms with E-state index in [0.29, 0.717) is 30.3 Å². The molecule has 20 heavy (non-hydrogen) atoms. The van der Waals surface area contributed by atoms with Gasteiger partial charge < -0.3 is 25.3 Å². The molecule has 0 aliphatic heterocycles. The molecule has 1 atom stereocenters. The second-order valence-corrected chi connectivity index (χ2v) is 4.31. The molecule has 0 aliphatic rings. The number of amides is 1. The standard InChI is InChI=1S/C14H22N2O4/c1-10(20-8-4-7-18-2)14(17)16-12-9-11(15)5-6-13(12)19-3/h5-6,9-10H,4,7-8,15H2,1-3H3,(H,16,17). The van der Waals surface area contributed by atoms with Crippen LogP contribution in [0.1, 0.15) is 13.3 Å². The van der Waals surface area contributed by atoms with E-state index in [0.717, 1.165) is 6.42 Å². The predicted octanol–water partition coefficient (Wildman–Crippen LogP) is 1.66. The zero-order chi connectivity index (χ0) is 15.0. The monoisotopic (exact) mass is 282 g/mol. The second kappa shape index (κ2) is 8.39. The molecular weight excluding hydrogens is 260 g/mol. The molecule has 3 N–H and O–H groups in total. The first-order chi connectivity index (χ1) is 9.58. The topological polar surface area (TPSA) is 82.8 Å². The quantitative estimate of drug-likeness (QED) is 0.559. The van der Waals surface area contributed by atoms with Crippen molar-refractivity contribution < 1.29 is 19.0 Å². The minimum atomic E-state index is -0.557. The Kier molecular flexibility index (Phi) is 6.83. The maximum Gasteiger partial charge on any atom is 0.253 e. The Bertz CT molecular complexity index is 437. The molecule has 0 fully saturated rings. The molecule has 1 aromatic carbocycles. The number of methoxy groups -OCH3 is 2. The summed E-state index contributed by atoms with van der Waals surface area (Å²) in [5.74, 6) is 0.311. The van der Waals surface area contributed by atoms with E-state index >= 15 is 0 Å². The summed E-state index contributed by atoms with van der Waals surface area (Å²) >= 11 is 0. The Morgan fingerprint density at radius 3 is 2.75 bits per heavy atom. The average molecular weight is 282 g/mol. The van der Waals surface area contributed by atoms with Crippen molar-refractivity contribution in [1.82, 2.24) is 0 Å². The van der Waals surface area contributed by atoms with Crippen molar-refractivity contribution in [3.63, 3.8) is 0 Å². The number of benzene rings is 1. The number of carbonyl (C=O) groups is 1. The number of anilines is 2. The third-order valence-electron chi connectivity index (χ3n) is 2.71. The van der Waals surface area contributed by atoms with Crippen LogP contribution < -0.4 is 15.8 Å². The minimum absolute atomic E-state index is 0.244. The fourth-order valence-electron chi connectivity index (χ4n) is 1.60. The van der Waals surface area contributed by atoms with Crippen LogP contribution in [0.25, 0.3) is 0 Å². The number of hydrogen-bond acceptors (Lipinski definition) is 5. The predicted molar refractivity (Wildman–Crippen MR) is 77.9 cm³/mol. The van der Waals surface area contributed by atoms with Gasteiger partial charge >= 0.3 is 0 Å². The van der Waals surface area contributed by atoms with Crippen molar-refractivity contribution in [2.45, 2.75) is 19.4 Å². The third-order valence-corrected chi connectivity index (χ3v) is 2.71. The summed E-state index contributed by atoms with van der Waals surface area (Å²) in [5, 5.41) is 2.74. The molecule has 0 aliphatic carbocycles. The molecule has 1 unspecified atom stereocenters. The fraction of sp³-hybridized carbons (Fsp3) is 0.500. The lowest BCUT2D eigenvalue weighted by Gasteiger charge is -2.15. The van der Waals surface area contributed by atoms with Crippen LogP contribution in [0.4, 0.5) is 11.4 Å². The van der Waals surface area contributed by atoms with Crippen molar-refractivity contribution in [2.75, 3.05) is 38.5 Å². The van der Waals surface area contributed by atoms with Crippen molar-refractivity contribution in [3.8, 4) is 5.75 Å². The number of nitrogen functional groups attached to an aromatic ring is 1. The second-order valence-electron chi connectivity index (χ2n) is 4.31. The lowest BCUT2D eigenvalue weighted by molar-refractivity contribution is -0.126. The molecule has 0 heterocycles. The molecule has 112 valence electrons. The Hall–Kier alpha value is -1.79. The minimum Gasteiger partial charge on any atom is -0.495 e. The van der Waals surface area contributed by atoms with Gasteiger partial charge in [-0.1, -0.05) is 0 Å². The molecule has 6 heteroatoms. The van der Waals surface area contributed by atoms with Gasteiger partial charge in [0.15, 0.2) is 0 Å². The van der Waals surface area contributed by atoms with E-state index in [2.05, 4.69) is 5.32 Å². The van der Waals surface area contributed by atoms with Gasteiger partial charge in [0.05, 0.1) is 12.8 Å². The number of ether oxygens (including phenoxy) is 3. The Morgan fingerprint density at radius 1 is 1.35 bits per heavy atom. The van der Waals surface area contributed by atoms with Crippen molar-refractivity contribution >= 4 is 17.3 Å². The van der Waals surface area contributed by atoms with E-state index in [4.69, 9.17) is 19.9 Å². The molecule has 0 aromatic heterocycles. The van der Waals surface area contributed by atoms with Crippen LogP contribution in [-0.2, 0) is 14.3 Å². The molecule has 0 saturated heterocycles. The highest BCUT2D eigenvalue weighted by molar-refractivity contribution is 5.95. The summed E-state index contributed by atoms with van der Waals surface area (Å²) < 4.78 is 15.5. The average Bonchev–Trinajstić information content (AvgIpc) is 2.43. The fourth-order valence-corrected chi connectivity index (χ4v) is 1.60. The van der Waals surface area contributed by atoms with Gasteiger partial charge in [-0.3, -0.25) is 4.79 Å². The highest BCUT2D eigenvalue weighted by atomic mass is 16.5. The van der Waals surface area contributed by atoms with Crippen LogP contribution in [0.5, 0.6) is 5.75 Å². The van der Waals surface area contributed by atoms with Crippen LogP contribution in [-0.4, -0.2) is 39.4 Å². The maximum atomic E-state index is 12.0. The molecule has 0 radical (unpaired) electrons. The Labute approximate surface area is 119 Å². The lowest BCUT2D eigenvalue weighted by atomic mass is 10.2. The van der Waals surface area contributed by atoms with Gasteiger partial charge in [0.25, 0.3) is 5.91 Å². The van der Waals surface area contributed by atoms with Crippen molar-refractivity contribution in [1.29, 1.82) is 0 Å². The van der Waals surface area contributed by atoms with E-state index in [1.807, 2.05) is 0 Å². The maximum absolute atomic E-state index is 12.0. The molecule has 1 amide bonds. The van der Waals surface area contributed by atoms with Gasteiger partial charge in [0.2, 0.25) is 0 Å². The number of carbonyl (C=O) groups excluding carboxylic acids is 1. The molecule has 1 aromatic rings. The normalized spacial score (nSPS) is 11.9. The third kappa shape index (κ3) is 5.07. The van der Waals surface area contributed by atoms with Gasteiger partial charge in [-0.15, -0.1) is 0 Å². The van der Waals surface area contributed by atoms with E-state index in [-0.39, 0.29) is 5.91 Å². The zero-order valence-corrected chi connectivity index (χ0v) is 12.1. The van der Waals surface area contributed by atoms with Crippen LogP contribution in [0.2, 0.25) is 0 Å². The highest BCUT2D eigenvalue weighted by Gasteiger charge is 2.15. The first-order valence-corrected chi connectivity index (χ1v) is 6.43. The molecule has 0 saturated carbocycles. The van der Waals surface area contributed by atoms with Crippen LogP contribution in [0.15, 0.2) is 18.2 Å². The van der Waals surface area contributed by atoms with Gasteiger partial charge in [-0.05, 0) is 31.5 Å². The van der Waals surface area contributed by atoms with E-state index < -0.39 is 6.10 Å². The van der Waals surface area contributed by atoms with Crippen LogP contribution in [0, 0.1) is 0 Å². The van der Waals surface area contributed by atoms with Gasteiger partial charge in [0.1, 0.15) is 11.9 Å². The van der Waals surface area contributed by atoms with Crippen molar-refractivity contribution in [2.24, 2.45) is 0 Å². The lowest BCUT2D eigenvalue weighted by Crippen LogP contribution is -2.28. The number of nitrogens with one attached hydrogen (secondary N) is 1. The van der Waals surface area contributed by atoms with E-state index in [1.54, 1.807) is 32.2 Å². The smallest absolute Gasteiger partial charge is 0.253 e. The molecule has 6 nitrogen and oxygen atoms in total. The van der Waals surface area contributed by atoms with Crippen LogP contribution in [0.3, 0.4) is 0 Å². The summed E-state index contributed by atoms with van der Waals surface area (Å²) in [4.78, 5) is 12.0. The van der Waals surface area contributed by atoms with Gasteiger partial charge in [0, 0.05) is 26.0 Å². The first kappa shape index (κ1) is 16.3. The molecule has 1 rings (SSSR count). The van der Waals surface area contributed by atoms with E-state index in [9.17, 15) is 4.79 Å². The first-order valence-electron chi connectivity index (χ1n) is 6.43. The zero-order valence-electron chi connectivity index (χ0n) is 12.1. The summed E-state index contributed by atoms with van der Waals surface area (Å²) in [6.07, 6.45) is 0.188. The molecule has 0 bridgehead atoms. The Balaban J connectivity index is 2.54. The number of hydrogen-bond donors (Lipinski definition) is 2. The molecular formula is C14H22N2O4. The summed E-state index contributed by atoms with van der Waals surface area (Å²) in [6, 6.07) is 5.06. The number of nitrogens with two attached hydrogens (primary N) is 1. The highest BCUT2D eigenvalue weighted by Crippen LogP contribution is 2.26. The van der Waals surface area contributed by atoms with Crippen molar-refractivity contribution in [3.05, 3.63) is 18.2 Å². The Morgan fingerprint density at radius 2 is 2.10 bits per heavy atom. The van der Waals surface area contributed by atoms with Gasteiger partial charge in [-0.25, -0.2) is 0 Å². The molecule has 0 spiro atoms. The summed E-state index contributed by atoms with van der Waals surface area (Å²) in [6.45, 7) is 2.77. The number of rotatable bonds is 8. The largest absolute Gasteiger partial charge is 0.495 e.